The maximum absolute atomic E-state index is 13.6. The number of hydrogen-bond donors (Lipinski definition) is 2. The van der Waals surface area contributed by atoms with Gasteiger partial charge >= 0.3 is 6.09 Å². The molecule has 2 aromatic rings. The molecule has 0 aromatic heterocycles. The molecule has 2 aromatic carbocycles. The summed E-state index contributed by atoms with van der Waals surface area (Å²) in [7, 11) is 1.97. The highest BCUT2D eigenvalue weighted by Crippen LogP contribution is 2.26. The molecule has 0 bridgehead atoms. The van der Waals surface area contributed by atoms with Crippen molar-refractivity contribution in [3.05, 3.63) is 65.7 Å². The molecule has 196 valence electrons. The van der Waals surface area contributed by atoms with Crippen LogP contribution in [-0.4, -0.2) is 78.9 Å². The SMILES string of the molecule is CN(CCO)c1ccc(CN2CCN(C(=O)[C@@H](Cc3ccccc3)CC(C)(C)OC(N)=O)CC2)cc1. The summed E-state index contributed by atoms with van der Waals surface area (Å²) in [6.45, 7) is 8.10. The van der Waals surface area contributed by atoms with Gasteiger partial charge in [0.15, 0.2) is 0 Å². The zero-order valence-corrected chi connectivity index (χ0v) is 21.7. The van der Waals surface area contributed by atoms with E-state index in [1.54, 1.807) is 13.8 Å². The summed E-state index contributed by atoms with van der Waals surface area (Å²) >= 11 is 0. The van der Waals surface area contributed by atoms with Gasteiger partial charge in [0, 0.05) is 57.9 Å². The Labute approximate surface area is 214 Å². The van der Waals surface area contributed by atoms with E-state index in [2.05, 4.69) is 29.2 Å². The molecule has 36 heavy (non-hydrogen) atoms. The molecule has 0 saturated carbocycles. The highest BCUT2D eigenvalue weighted by Gasteiger charge is 2.34. The van der Waals surface area contributed by atoms with Crippen molar-refractivity contribution < 1.29 is 19.4 Å². The summed E-state index contributed by atoms with van der Waals surface area (Å²) in [5.41, 5.74) is 7.82. The van der Waals surface area contributed by atoms with Crippen LogP contribution in [0, 0.1) is 5.92 Å². The number of primary amides is 1. The topological polar surface area (TPSA) is 99.3 Å². The lowest BCUT2D eigenvalue weighted by Crippen LogP contribution is -2.51. The van der Waals surface area contributed by atoms with E-state index in [0.717, 1.165) is 30.9 Å². The summed E-state index contributed by atoms with van der Waals surface area (Å²) < 4.78 is 5.31. The Morgan fingerprint density at radius 1 is 1.03 bits per heavy atom. The van der Waals surface area contributed by atoms with Gasteiger partial charge in [-0.15, -0.1) is 0 Å². The second-order valence-corrected chi connectivity index (χ2v) is 10.2. The van der Waals surface area contributed by atoms with E-state index in [0.29, 0.717) is 32.5 Å². The maximum atomic E-state index is 13.6. The van der Waals surface area contributed by atoms with Crippen molar-refractivity contribution in [3.63, 3.8) is 0 Å². The summed E-state index contributed by atoms with van der Waals surface area (Å²) in [6.07, 6.45) is 0.163. The van der Waals surface area contributed by atoms with Gasteiger partial charge in [0.05, 0.1) is 6.61 Å². The van der Waals surface area contributed by atoms with E-state index < -0.39 is 11.7 Å². The Morgan fingerprint density at radius 3 is 2.25 bits per heavy atom. The number of carbonyl (C=O) groups excluding carboxylic acids is 2. The minimum atomic E-state index is -0.833. The number of ether oxygens (including phenoxy) is 1. The standard InChI is InChI=1S/C28H40N4O4/c1-28(2,36-27(29)35)20-24(19-22-7-5-4-6-8-22)26(34)32-15-13-31(14-16-32)21-23-9-11-25(12-10-23)30(3)17-18-33/h4-12,24,33H,13-21H2,1-3H3,(H2,29,35)/t24-/m0/s1. The van der Waals surface area contributed by atoms with Gasteiger partial charge in [-0.2, -0.15) is 0 Å². The average Bonchev–Trinajstić information content (AvgIpc) is 2.84. The van der Waals surface area contributed by atoms with E-state index in [9.17, 15) is 9.59 Å². The zero-order valence-electron chi connectivity index (χ0n) is 21.7. The second-order valence-electron chi connectivity index (χ2n) is 10.2. The molecule has 1 saturated heterocycles. The van der Waals surface area contributed by atoms with E-state index >= 15 is 0 Å². The first-order valence-corrected chi connectivity index (χ1v) is 12.6. The van der Waals surface area contributed by atoms with Crippen LogP contribution in [0.2, 0.25) is 0 Å². The number of piperazine rings is 1. The van der Waals surface area contributed by atoms with Crippen molar-refractivity contribution >= 4 is 17.7 Å². The van der Waals surface area contributed by atoms with Gasteiger partial charge in [0.25, 0.3) is 0 Å². The second kappa shape index (κ2) is 12.7. The van der Waals surface area contributed by atoms with Gasteiger partial charge in [0.2, 0.25) is 5.91 Å². The van der Waals surface area contributed by atoms with Crippen molar-refractivity contribution in [1.82, 2.24) is 9.80 Å². The van der Waals surface area contributed by atoms with Crippen molar-refractivity contribution in [2.45, 2.75) is 38.8 Å². The maximum Gasteiger partial charge on any atom is 0.405 e. The van der Waals surface area contributed by atoms with Crippen molar-refractivity contribution in [3.8, 4) is 0 Å². The fraction of sp³-hybridized carbons (Fsp3) is 0.500. The number of hydrogen-bond acceptors (Lipinski definition) is 6. The van der Waals surface area contributed by atoms with Crippen LogP contribution in [0.25, 0.3) is 0 Å². The lowest BCUT2D eigenvalue weighted by molar-refractivity contribution is -0.139. The Hall–Kier alpha value is -3.10. The van der Waals surface area contributed by atoms with Crippen LogP contribution in [0.5, 0.6) is 0 Å². The van der Waals surface area contributed by atoms with E-state index in [1.165, 1.54) is 5.56 Å². The first-order valence-electron chi connectivity index (χ1n) is 12.6. The predicted octanol–water partition coefficient (Wildman–Crippen LogP) is 2.88. The molecule has 0 radical (unpaired) electrons. The molecule has 0 aliphatic carbocycles. The summed E-state index contributed by atoms with van der Waals surface area (Å²) in [6, 6.07) is 18.3. The van der Waals surface area contributed by atoms with Crippen LogP contribution < -0.4 is 10.6 Å². The van der Waals surface area contributed by atoms with Crippen LogP contribution in [0.4, 0.5) is 10.5 Å². The largest absolute Gasteiger partial charge is 0.444 e. The number of nitrogens with zero attached hydrogens (tertiary/aromatic N) is 3. The quantitative estimate of drug-likeness (QED) is 0.496. The van der Waals surface area contributed by atoms with Crippen LogP contribution in [-0.2, 0) is 22.5 Å². The number of rotatable bonds is 11. The monoisotopic (exact) mass is 496 g/mol. The Bertz CT molecular complexity index is 973. The molecule has 1 aliphatic rings. The Kier molecular flexibility index (Phi) is 9.73. The molecule has 2 amide bonds. The third-order valence-corrected chi connectivity index (χ3v) is 6.69. The van der Waals surface area contributed by atoms with Gasteiger partial charge in [-0.1, -0.05) is 42.5 Å². The number of aliphatic hydroxyl groups excluding tert-OH is 1. The highest BCUT2D eigenvalue weighted by molar-refractivity contribution is 5.79. The third kappa shape index (κ3) is 8.24. The van der Waals surface area contributed by atoms with Gasteiger partial charge in [-0.3, -0.25) is 9.69 Å². The summed E-state index contributed by atoms with van der Waals surface area (Å²) in [4.78, 5) is 31.3. The first kappa shape index (κ1) is 27.5. The van der Waals surface area contributed by atoms with Gasteiger partial charge < -0.3 is 25.4 Å². The molecular weight excluding hydrogens is 456 g/mol. The molecule has 1 atom stereocenters. The van der Waals surface area contributed by atoms with Crippen molar-refractivity contribution in [2.75, 3.05) is 51.3 Å². The molecule has 3 rings (SSSR count). The molecule has 1 heterocycles. The van der Waals surface area contributed by atoms with Crippen LogP contribution >= 0.6 is 0 Å². The molecule has 8 heteroatoms. The Morgan fingerprint density at radius 2 is 1.67 bits per heavy atom. The van der Waals surface area contributed by atoms with E-state index in [1.807, 2.05) is 47.2 Å². The van der Waals surface area contributed by atoms with Gasteiger partial charge in [-0.05, 0) is 49.9 Å². The Balaban J connectivity index is 1.59. The smallest absolute Gasteiger partial charge is 0.405 e. The highest BCUT2D eigenvalue weighted by atomic mass is 16.6. The molecule has 1 aliphatic heterocycles. The number of aliphatic hydroxyl groups is 1. The number of amides is 2. The number of anilines is 1. The van der Waals surface area contributed by atoms with Gasteiger partial charge in [0.1, 0.15) is 5.60 Å². The number of likely N-dealkylation sites (N-methyl/N-ethyl adjacent to an activating group) is 1. The van der Waals surface area contributed by atoms with Crippen molar-refractivity contribution in [1.29, 1.82) is 0 Å². The minimum absolute atomic E-state index is 0.0934. The van der Waals surface area contributed by atoms with Crippen LogP contribution in [0.1, 0.15) is 31.4 Å². The molecule has 8 nitrogen and oxygen atoms in total. The number of carbonyl (C=O) groups is 2. The van der Waals surface area contributed by atoms with Crippen LogP contribution in [0.3, 0.4) is 0 Å². The third-order valence-electron chi connectivity index (χ3n) is 6.69. The molecule has 1 fully saturated rings. The lowest BCUT2D eigenvalue weighted by atomic mass is 9.87. The van der Waals surface area contributed by atoms with E-state index in [-0.39, 0.29) is 18.4 Å². The minimum Gasteiger partial charge on any atom is -0.444 e. The fourth-order valence-corrected chi connectivity index (χ4v) is 4.83. The lowest BCUT2D eigenvalue weighted by Gasteiger charge is -2.38. The zero-order chi connectivity index (χ0) is 26.1. The number of benzene rings is 2. The molecule has 0 unspecified atom stereocenters. The normalized spacial score (nSPS) is 15.4. The van der Waals surface area contributed by atoms with E-state index in [4.69, 9.17) is 15.6 Å². The molecular formula is C28H40N4O4. The fourth-order valence-electron chi connectivity index (χ4n) is 4.83. The summed E-state index contributed by atoms with van der Waals surface area (Å²) in [5.74, 6) is -0.215. The predicted molar refractivity (Wildman–Crippen MR) is 142 cm³/mol. The van der Waals surface area contributed by atoms with Gasteiger partial charge in [-0.25, -0.2) is 4.79 Å². The van der Waals surface area contributed by atoms with Crippen LogP contribution in [0.15, 0.2) is 54.6 Å². The first-order chi connectivity index (χ1) is 17.2. The number of nitrogens with two attached hydrogens (primary N) is 1. The summed E-state index contributed by atoms with van der Waals surface area (Å²) in [5, 5.41) is 9.13. The average molecular weight is 497 g/mol. The molecule has 3 N–H and O–H groups in total. The molecule has 0 spiro atoms. The van der Waals surface area contributed by atoms with Crippen molar-refractivity contribution in [2.24, 2.45) is 11.7 Å².